The number of carboxylic acids is 1. The molecule has 1 fully saturated rings. The summed E-state index contributed by atoms with van der Waals surface area (Å²) in [5.74, 6) is -1.32. The fraction of sp³-hybridized carbons (Fsp3) is 0.882. The van der Waals surface area contributed by atoms with Crippen LogP contribution in [-0.2, 0) is 9.59 Å². The van der Waals surface area contributed by atoms with E-state index in [-0.39, 0.29) is 12.3 Å². The minimum absolute atomic E-state index is 0.00552. The molecule has 4 nitrogen and oxygen atoms in total. The van der Waals surface area contributed by atoms with Crippen LogP contribution >= 0.6 is 0 Å². The van der Waals surface area contributed by atoms with Crippen molar-refractivity contribution in [1.82, 2.24) is 4.90 Å². The van der Waals surface area contributed by atoms with Gasteiger partial charge in [0.1, 0.15) is 0 Å². The maximum Gasteiger partial charge on any atom is 0.308 e. The molecule has 1 saturated heterocycles. The third-order valence-corrected chi connectivity index (χ3v) is 3.35. The zero-order chi connectivity index (χ0) is 16.7. The molecule has 4 heteroatoms. The summed E-state index contributed by atoms with van der Waals surface area (Å²) in [4.78, 5) is 24.0. The van der Waals surface area contributed by atoms with E-state index in [9.17, 15) is 9.59 Å². The van der Waals surface area contributed by atoms with Gasteiger partial charge in [0.2, 0.25) is 5.91 Å². The van der Waals surface area contributed by atoms with Crippen LogP contribution in [0.4, 0.5) is 0 Å². The summed E-state index contributed by atoms with van der Waals surface area (Å²) >= 11 is 0. The van der Waals surface area contributed by atoms with Crippen LogP contribution in [0.5, 0.6) is 0 Å². The standard InChI is InChI=1S/C13H23NO3.2C2H6/c1-2-3-4-5-6-7-8-14-10-11(13(16)17)9-12(14)15;2*1-2/h11H,2-10H2,1H3,(H,16,17);2*1-2H3. The van der Waals surface area contributed by atoms with Crippen LogP contribution in [0.1, 0.15) is 79.6 Å². The van der Waals surface area contributed by atoms with Gasteiger partial charge in [0.15, 0.2) is 0 Å². The minimum Gasteiger partial charge on any atom is -0.481 e. The molecule has 21 heavy (non-hydrogen) atoms. The van der Waals surface area contributed by atoms with E-state index in [4.69, 9.17) is 5.11 Å². The van der Waals surface area contributed by atoms with E-state index in [1.54, 1.807) is 4.90 Å². The van der Waals surface area contributed by atoms with Gasteiger partial charge >= 0.3 is 5.97 Å². The topological polar surface area (TPSA) is 57.6 Å². The molecule has 1 aliphatic rings. The molecule has 0 aromatic heterocycles. The summed E-state index contributed by atoms with van der Waals surface area (Å²) in [6.45, 7) is 11.3. The van der Waals surface area contributed by atoms with Crippen molar-refractivity contribution in [1.29, 1.82) is 0 Å². The van der Waals surface area contributed by atoms with E-state index in [0.29, 0.717) is 6.54 Å². The van der Waals surface area contributed by atoms with Crippen molar-refractivity contribution in [2.75, 3.05) is 13.1 Å². The summed E-state index contributed by atoms with van der Waals surface area (Å²) in [5, 5.41) is 8.84. The third-order valence-electron chi connectivity index (χ3n) is 3.35. The minimum atomic E-state index is -0.844. The van der Waals surface area contributed by atoms with Gasteiger partial charge in [0.05, 0.1) is 5.92 Å². The zero-order valence-electron chi connectivity index (χ0n) is 14.7. The van der Waals surface area contributed by atoms with E-state index >= 15 is 0 Å². The molecular formula is C17H35NO3. The van der Waals surface area contributed by atoms with E-state index in [2.05, 4.69) is 6.92 Å². The van der Waals surface area contributed by atoms with E-state index in [1.165, 1.54) is 25.7 Å². The molecule has 0 aromatic rings. The van der Waals surface area contributed by atoms with Crippen molar-refractivity contribution in [2.45, 2.75) is 79.6 Å². The first-order chi connectivity index (χ1) is 10.1. The smallest absolute Gasteiger partial charge is 0.308 e. The van der Waals surface area contributed by atoms with Gasteiger partial charge in [-0.25, -0.2) is 0 Å². The molecule has 0 spiro atoms. The van der Waals surface area contributed by atoms with Crippen molar-refractivity contribution >= 4 is 11.9 Å². The molecule has 1 N–H and O–H groups in total. The second-order valence-electron chi connectivity index (χ2n) is 4.85. The van der Waals surface area contributed by atoms with Gasteiger partial charge in [-0.3, -0.25) is 9.59 Å². The Morgan fingerprint density at radius 2 is 1.62 bits per heavy atom. The number of aliphatic carboxylic acids is 1. The molecule has 0 saturated carbocycles. The lowest BCUT2D eigenvalue weighted by atomic mass is 10.1. The molecule has 126 valence electrons. The Morgan fingerprint density at radius 1 is 1.10 bits per heavy atom. The van der Waals surface area contributed by atoms with Crippen molar-refractivity contribution < 1.29 is 14.7 Å². The molecule has 0 bridgehead atoms. The first-order valence-electron chi connectivity index (χ1n) is 8.65. The quantitative estimate of drug-likeness (QED) is 0.679. The Labute approximate surface area is 130 Å². The number of hydrogen-bond donors (Lipinski definition) is 1. The fourth-order valence-corrected chi connectivity index (χ4v) is 2.24. The average molecular weight is 301 g/mol. The summed E-state index contributed by atoms with van der Waals surface area (Å²) in [6, 6.07) is 0. The molecule has 0 aromatic carbocycles. The molecule has 1 heterocycles. The highest BCUT2D eigenvalue weighted by Crippen LogP contribution is 2.18. The molecule has 1 amide bonds. The van der Waals surface area contributed by atoms with Gasteiger partial charge in [0, 0.05) is 19.5 Å². The largest absolute Gasteiger partial charge is 0.481 e. The number of rotatable bonds is 8. The van der Waals surface area contributed by atoms with E-state index in [0.717, 1.165) is 19.4 Å². The Morgan fingerprint density at radius 3 is 2.10 bits per heavy atom. The number of nitrogens with zero attached hydrogens (tertiary/aromatic N) is 1. The molecule has 0 radical (unpaired) electrons. The van der Waals surface area contributed by atoms with Crippen LogP contribution in [-0.4, -0.2) is 35.0 Å². The van der Waals surface area contributed by atoms with Crippen molar-refractivity contribution in [3.8, 4) is 0 Å². The predicted octanol–water partition coefficient (Wildman–Crippen LogP) is 4.33. The van der Waals surface area contributed by atoms with Crippen LogP contribution in [0, 0.1) is 5.92 Å². The second-order valence-corrected chi connectivity index (χ2v) is 4.85. The number of amides is 1. The Balaban J connectivity index is 0. The zero-order valence-corrected chi connectivity index (χ0v) is 14.7. The van der Waals surface area contributed by atoms with E-state index < -0.39 is 11.9 Å². The highest BCUT2D eigenvalue weighted by Gasteiger charge is 2.33. The van der Waals surface area contributed by atoms with Crippen molar-refractivity contribution in [2.24, 2.45) is 5.92 Å². The second kappa shape index (κ2) is 15.3. The Kier molecular flexibility index (Phi) is 16.2. The van der Waals surface area contributed by atoms with Gasteiger partial charge in [-0.1, -0.05) is 66.7 Å². The first kappa shape index (κ1) is 22.2. The SMILES string of the molecule is CC.CC.CCCCCCCCN1CC(C(=O)O)CC1=O. The predicted molar refractivity (Wildman–Crippen MR) is 88.4 cm³/mol. The third kappa shape index (κ3) is 10.3. The van der Waals surface area contributed by atoms with Gasteiger partial charge in [0.25, 0.3) is 0 Å². The lowest BCUT2D eigenvalue weighted by molar-refractivity contribution is -0.141. The van der Waals surface area contributed by atoms with Gasteiger partial charge in [-0.15, -0.1) is 0 Å². The maximum absolute atomic E-state index is 11.5. The summed E-state index contributed by atoms with van der Waals surface area (Å²) in [7, 11) is 0. The van der Waals surface area contributed by atoms with Gasteiger partial charge in [-0.2, -0.15) is 0 Å². The molecule has 0 aliphatic carbocycles. The number of unbranched alkanes of at least 4 members (excludes halogenated alkanes) is 5. The molecule has 1 rings (SSSR count). The molecule has 1 aliphatic heterocycles. The monoisotopic (exact) mass is 301 g/mol. The van der Waals surface area contributed by atoms with Crippen molar-refractivity contribution in [3.63, 3.8) is 0 Å². The highest BCUT2D eigenvalue weighted by molar-refractivity contribution is 5.86. The molecule has 1 unspecified atom stereocenters. The highest BCUT2D eigenvalue weighted by atomic mass is 16.4. The van der Waals surface area contributed by atoms with Crippen LogP contribution in [0.2, 0.25) is 0 Å². The number of likely N-dealkylation sites (tertiary alicyclic amines) is 1. The fourth-order valence-electron chi connectivity index (χ4n) is 2.24. The van der Waals surface area contributed by atoms with Crippen molar-refractivity contribution in [3.05, 3.63) is 0 Å². The Bertz CT molecular complexity index is 267. The van der Waals surface area contributed by atoms with Crippen LogP contribution in [0.15, 0.2) is 0 Å². The van der Waals surface area contributed by atoms with Crippen LogP contribution in [0.3, 0.4) is 0 Å². The molecular weight excluding hydrogens is 266 g/mol. The lowest BCUT2D eigenvalue weighted by Crippen LogP contribution is -2.27. The normalized spacial score (nSPS) is 16.7. The number of carbonyl (C=O) groups is 2. The number of hydrogen-bond acceptors (Lipinski definition) is 2. The summed E-state index contributed by atoms with van der Waals surface area (Å²) < 4.78 is 0. The lowest BCUT2D eigenvalue weighted by Gasteiger charge is -2.15. The first-order valence-corrected chi connectivity index (χ1v) is 8.65. The molecule has 1 atom stereocenters. The maximum atomic E-state index is 11.5. The van der Waals surface area contributed by atoms with Crippen LogP contribution < -0.4 is 0 Å². The number of carbonyl (C=O) groups excluding carboxylic acids is 1. The Hall–Kier alpha value is -1.06. The number of carboxylic acid groups (broad SMARTS) is 1. The van der Waals surface area contributed by atoms with Gasteiger partial charge < -0.3 is 10.0 Å². The van der Waals surface area contributed by atoms with E-state index in [1.807, 2.05) is 27.7 Å². The summed E-state index contributed by atoms with van der Waals surface area (Å²) in [6.07, 6.45) is 7.34. The average Bonchev–Trinajstić information content (AvgIpc) is 2.88. The van der Waals surface area contributed by atoms with Gasteiger partial charge in [-0.05, 0) is 6.42 Å². The summed E-state index contributed by atoms with van der Waals surface area (Å²) in [5.41, 5.74) is 0. The van der Waals surface area contributed by atoms with Crippen LogP contribution in [0.25, 0.3) is 0 Å².